The van der Waals surface area contributed by atoms with Crippen LogP contribution in [-0.2, 0) is 43.5 Å². The highest BCUT2D eigenvalue weighted by atomic mass is 32.2. The van der Waals surface area contributed by atoms with Gasteiger partial charge >= 0.3 is 23.9 Å². The van der Waals surface area contributed by atoms with Crippen molar-refractivity contribution in [3.05, 3.63) is 42.0 Å². The fourth-order valence-electron chi connectivity index (χ4n) is 4.11. The normalized spacial score (nSPS) is 17.5. The first-order chi connectivity index (χ1) is 16.8. The number of ether oxygens (including phenoxy) is 4. The topological polar surface area (TPSA) is 118 Å². The molecule has 0 aromatic heterocycles. The maximum Gasteiger partial charge on any atom is 0.330 e. The molecule has 10 heteroatoms. The Hall–Kier alpha value is -3.14. The Kier molecular flexibility index (Phi) is 10.5. The molecule has 1 aliphatic heterocycles. The molecule has 9 nitrogen and oxygen atoms in total. The molecule has 1 heterocycles. The molecule has 2 rings (SSSR count). The van der Waals surface area contributed by atoms with Gasteiger partial charge in [0.25, 0.3) is 0 Å². The lowest BCUT2D eigenvalue weighted by molar-refractivity contribution is -0.161. The Morgan fingerprint density at radius 2 is 1.60 bits per heavy atom. The van der Waals surface area contributed by atoms with Crippen LogP contribution in [0.4, 0.5) is 5.69 Å². The maximum atomic E-state index is 13.4. The number of thioether (sulfide) groups is 1. The predicted molar refractivity (Wildman–Crippen MR) is 131 cm³/mol. The zero-order chi connectivity index (χ0) is 26.0. The Morgan fingerprint density at radius 3 is 2.17 bits per heavy atom. The minimum absolute atomic E-state index is 0.0884. The molecule has 2 atom stereocenters. The van der Waals surface area contributed by atoms with Crippen LogP contribution in [0.3, 0.4) is 0 Å². The minimum atomic E-state index is -1.35. The van der Waals surface area contributed by atoms with Crippen LogP contribution in [-0.4, -0.2) is 62.1 Å². The SMILES string of the molecule is CCOC(=O)/C=C/C(C(=O)OCC)C1(CC(C(=O)OC)C(=O)OC)C(SCC)=Nc2ccccc21. The number of carbonyl (C=O) groups excluding carboxylic acids is 4. The number of methoxy groups -OCH3 is 2. The van der Waals surface area contributed by atoms with Gasteiger partial charge in [0.05, 0.1) is 49.5 Å². The average molecular weight is 506 g/mol. The van der Waals surface area contributed by atoms with Gasteiger partial charge in [0, 0.05) is 6.08 Å². The van der Waals surface area contributed by atoms with Crippen molar-refractivity contribution in [1.82, 2.24) is 0 Å². The average Bonchev–Trinajstić information content (AvgIpc) is 3.16. The summed E-state index contributed by atoms with van der Waals surface area (Å²) in [7, 11) is 2.35. The lowest BCUT2D eigenvalue weighted by atomic mass is 9.66. The molecule has 0 amide bonds. The zero-order valence-corrected chi connectivity index (χ0v) is 21.4. The van der Waals surface area contributed by atoms with Gasteiger partial charge in [-0.3, -0.25) is 14.4 Å². The fourth-order valence-corrected chi connectivity index (χ4v) is 5.12. The van der Waals surface area contributed by atoms with Gasteiger partial charge in [0.15, 0.2) is 5.92 Å². The number of carbonyl (C=O) groups is 4. The van der Waals surface area contributed by atoms with Crippen molar-refractivity contribution in [2.24, 2.45) is 16.8 Å². The van der Waals surface area contributed by atoms with Crippen molar-refractivity contribution in [3.63, 3.8) is 0 Å². The zero-order valence-electron chi connectivity index (χ0n) is 20.6. The smallest absolute Gasteiger partial charge is 0.330 e. The Balaban J connectivity index is 2.83. The van der Waals surface area contributed by atoms with E-state index < -0.39 is 41.1 Å². The molecule has 0 aliphatic carbocycles. The number of fused-ring (bicyclic) bond motifs is 1. The van der Waals surface area contributed by atoms with Gasteiger partial charge in [-0.1, -0.05) is 31.2 Å². The predicted octanol–water partition coefficient (Wildman–Crippen LogP) is 3.37. The van der Waals surface area contributed by atoms with E-state index in [2.05, 4.69) is 0 Å². The van der Waals surface area contributed by atoms with Crippen LogP contribution in [0.5, 0.6) is 0 Å². The molecule has 190 valence electrons. The summed E-state index contributed by atoms with van der Waals surface area (Å²) in [5.41, 5.74) is -0.0874. The Labute approximate surface area is 209 Å². The van der Waals surface area contributed by atoms with Gasteiger partial charge in [-0.25, -0.2) is 9.79 Å². The highest BCUT2D eigenvalue weighted by Crippen LogP contribution is 2.52. The van der Waals surface area contributed by atoms with Crippen LogP contribution in [0.2, 0.25) is 0 Å². The van der Waals surface area contributed by atoms with E-state index in [-0.39, 0.29) is 19.6 Å². The van der Waals surface area contributed by atoms with E-state index in [4.69, 9.17) is 23.9 Å². The molecule has 0 saturated carbocycles. The number of esters is 4. The summed E-state index contributed by atoms with van der Waals surface area (Å²) in [6.07, 6.45) is 2.37. The second-order valence-electron chi connectivity index (χ2n) is 7.48. The van der Waals surface area contributed by atoms with Gasteiger partial charge in [-0.2, -0.15) is 0 Å². The quantitative estimate of drug-likeness (QED) is 0.193. The van der Waals surface area contributed by atoms with Crippen LogP contribution in [0.1, 0.15) is 32.8 Å². The maximum absolute atomic E-state index is 13.4. The lowest BCUT2D eigenvalue weighted by Gasteiger charge is -2.38. The second kappa shape index (κ2) is 13.1. The number of nitrogens with zero attached hydrogens (tertiary/aromatic N) is 1. The molecule has 1 aromatic carbocycles. The molecule has 2 unspecified atom stereocenters. The summed E-state index contributed by atoms with van der Waals surface area (Å²) in [5.74, 6) is -4.74. The summed E-state index contributed by atoms with van der Waals surface area (Å²) >= 11 is 1.38. The highest BCUT2D eigenvalue weighted by molar-refractivity contribution is 8.14. The van der Waals surface area contributed by atoms with Crippen LogP contribution < -0.4 is 0 Å². The van der Waals surface area contributed by atoms with Gasteiger partial charge in [-0.15, -0.1) is 11.8 Å². The summed E-state index contributed by atoms with van der Waals surface area (Å²) in [6, 6.07) is 7.16. The van der Waals surface area contributed by atoms with E-state index in [0.717, 1.165) is 6.08 Å². The van der Waals surface area contributed by atoms with Crippen molar-refractivity contribution >= 4 is 46.4 Å². The Morgan fingerprint density at radius 1 is 0.971 bits per heavy atom. The Bertz CT molecular complexity index is 989. The van der Waals surface area contributed by atoms with Crippen LogP contribution >= 0.6 is 11.8 Å². The molecule has 35 heavy (non-hydrogen) atoms. The van der Waals surface area contributed by atoms with E-state index in [0.29, 0.717) is 22.0 Å². The molecule has 0 radical (unpaired) electrons. The van der Waals surface area contributed by atoms with E-state index >= 15 is 0 Å². The third-order valence-electron chi connectivity index (χ3n) is 5.55. The van der Waals surface area contributed by atoms with Crippen molar-refractivity contribution in [2.75, 3.05) is 33.2 Å². The summed E-state index contributed by atoms with van der Waals surface area (Å²) in [6.45, 7) is 5.51. The molecule has 0 spiro atoms. The van der Waals surface area contributed by atoms with E-state index in [1.54, 1.807) is 38.1 Å². The summed E-state index contributed by atoms with van der Waals surface area (Å²) < 4.78 is 20.2. The van der Waals surface area contributed by atoms with Crippen molar-refractivity contribution < 1.29 is 38.1 Å². The molecule has 1 aliphatic rings. The third kappa shape index (κ3) is 6.11. The molecule has 0 saturated heterocycles. The highest BCUT2D eigenvalue weighted by Gasteiger charge is 2.55. The number of benzene rings is 1. The summed E-state index contributed by atoms with van der Waals surface area (Å²) in [4.78, 5) is 55.8. The van der Waals surface area contributed by atoms with Crippen molar-refractivity contribution in [3.8, 4) is 0 Å². The molecule has 0 bridgehead atoms. The number of aliphatic imine (C=N–C) groups is 1. The van der Waals surface area contributed by atoms with Crippen LogP contribution in [0.25, 0.3) is 0 Å². The second-order valence-corrected chi connectivity index (χ2v) is 8.74. The minimum Gasteiger partial charge on any atom is -0.468 e. The number of hydrogen-bond donors (Lipinski definition) is 0. The monoisotopic (exact) mass is 505 g/mol. The van der Waals surface area contributed by atoms with Crippen molar-refractivity contribution in [2.45, 2.75) is 32.6 Å². The van der Waals surface area contributed by atoms with Crippen LogP contribution in [0, 0.1) is 11.8 Å². The first kappa shape index (κ1) is 28.1. The molecule has 0 N–H and O–H groups in total. The van der Waals surface area contributed by atoms with Gasteiger partial charge in [0.2, 0.25) is 0 Å². The van der Waals surface area contributed by atoms with Gasteiger partial charge < -0.3 is 18.9 Å². The molecule has 1 aromatic rings. The molecular weight excluding hydrogens is 474 g/mol. The van der Waals surface area contributed by atoms with Crippen LogP contribution in [0.15, 0.2) is 41.4 Å². The van der Waals surface area contributed by atoms with Crippen molar-refractivity contribution in [1.29, 1.82) is 0 Å². The fraction of sp³-hybridized carbons (Fsp3) is 0.480. The van der Waals surface area contributed by atoms with E-state index in [1.807, 2.05) is 6.92 Å². The molecular formula is C25H31NO8S. The number of rotatable bonds is 11. The lowest BCUT2D eigenvalue weighted by Crippen LogP contribution is -2.47. The first-order valence-corrected chi connectivity index (χ1v) is 12.3. The largest absolute Gasteiger partial charge is 0.468 e. The van der Waals surface area contributed by atoms with Gasteiger partial charge in [0.1, 0.15) is 0 Å². The number of para-hydroxylation sites is 1. The molecule has 0 fully saturated rings. The van der Waals surface area contributed by atoms with E-state index in [1.165, 1.54) is 32.1 Å². The van der Waals surface area contributed by atoms with Gasteiger partial charge in [-0.05, 0) is 37.7 Å². The summed E-state index contributed by atoms with van der Waals surface area (Å²) in [5, 5.41) is 0.519. The third-order valence-corrected chi connectivity index (χ3v) is 6.57. The standard InChI is InChI=1S/C25H31NO8S/c1-6-33-20(27)14-13-18(23(30)34-7-2)25(15-16(21(28)31-4)22(29)32-5)17-11-9-10-12-19(17)26-24(25)35-8-3/h9-14,16,18H,6-8,15H2,1-5H3/b14-13+. The van der Waals surface area contributed by atoms with E-state index in [9.17, 15) is 19.2 Å². The number of hydrogen-bond acceptors (Lipinski definition) is 10. The first-order valence-electron chi connectivity index (χ1n) is 11.3.